The number of nitrogens with two attached hydrogens (primary N) is 1. The zero-order valence-electron chi connectivity index (χ0n) is 9.06. The Kier molecular flexibility index (Phi) is 2.54. The van der Waals surface area contributed by atoms with Crippen molar-refractivity contribution in [3.05, 3.63) is 24.3 Å². The molecule has 1 aliphatic rings. The van der Waals surface area contributed by atoms with Gasteiger partial charge in [-0.15, -0.1) is 0 Å². The lowest BCUT2D eigenvalue weighted by Crippen LogP contribution is -2.21. The highest BCUT2D eigenvalue weighted by Crippen LogP contribution is 2.34. The predicted molar refractivity (Wildman–Crippen MR) is 67.2 cm³/mol. The van der Waals surface area contributed by atoms with Gasteiger partial charge in [0.2, 0.25) is 0 Å². The average molecular weight is 203 g/mol. The van der Waals surface area contributed by atoms with E-state index >= 15 is 0 Å². The van der Waals surface area contributed by atoms with Gasteiger partial charge < -0.3 is 16.4 Å². The zero-order valence-corrected chi connectivity index (χ0v) is 9.06. The highest BCUT2D eigenvalue weighted by Gasteiger charge is 2.12. The number of rotatable bonds is 2. The Balaban J connectivity index is 2.45. The fourth-order valence-corrected chi connectivity index (χ4v) is 1.79. The SMILES string of the molecule is C=C(CC)c1cc(N)c2c(c1)NCCN2. The van der Waals surface area contributed by atoms with Gasteiger partial charge in [-0.2, -0.15) is 0 Å². The van der Waals surface area contributed by atoms with E-state index in [0.29, 0.717) is 0 Å². The van der Waals surface area contributed by atoms with E-state index in [1.165, 1.54) is 0 Å². The first-order valence-corrected chi connectivity index (χ1v) is 5.31. The first kappa shape index (κ1) is 9.90. The maximum atomic E-state index is 5.99. The van der Waals surface area contributed by atoms with Crippen LogP contribution in [0.3, 0.4) is 0 Å². The summed E-state index contributed by atoms with van der Waals surface area (Å²) >= 11 is 0. The third-order valence-electron chi connectivity index (χ3n) is 2.75. The molecular weight excluding hydrogens is 186 g/mol. The summed E-state index contributed by atoms with van der Waals surface area (Å²) in [5.74, 6) is 0. The Morgan fingerprint density at radius 3 is 2.87 bits per heavy atom. The minimum atomic E-state index is 0.796. The second-order valence-electron chi connectivity index (χ2n) is 3.80. The molecule has 0 unspecified atom stereocenters. The highest BCUT2D eigenvalue weighted by molar-refractivity contribution is 5.86. The number of hydrogen-bond donors (Lipinski definition) is 3. The number of nitrogens with one attached hydrogen (secondary N) is 2. The third kappa shape index (κ3) is 1.77. The number of anilines is 3. The quantitative estimate of drug-likeness (QED) is 0.647. The number of allylic oxidation sites excluding steroid dienone is 1. The van der Waals surface area contributed by atoms with Crippen LogP contribution in [0.5, 0.6) is 0 Å². The summed E-state index contributed by atoms with van der Waals surface area (Å²) < 4.78 is 0. The maximum absolute atomic E-state index is 5.99. The summed E-state index contributed by atoms with van der Waals surface area (Å²) in [6.07, 6.45) is 0.950. The summed E-state index contributed by atoms with van der Waals surface area (Å²) in [7, 11) is 0. The Labute approximate surface area is 90.4 Å². The fourth-order valence-electron chi connectivity index (χ4n) is 1.79. The molecule has 4 N–H and O–H groups in total. The topological polar surface area (TPSA) is 50.1 Å². The van der Waals surface area contributed by atoms with Gasteiger partial charge in [0.05, 0.1) is 17.1 Å². The second-order valence-corrected chi connectivity index (χ2v) is 3.80. The number of benzene rings is 1. The minimum Gasteiger partial charge on any atom is -0.397 e. The van der Waals surface area contributed by atoms with Gasteiger partial charge in [0.1, 0.15) is 0 Å². The lowest BCUT2D eigenvalue weighted by Gasteiger charge is -2.22. The summed E-state index contributed by atoms with van der Waals surface area (Å²) in [5, 5.41) is 6.64. The molecule has 0 amide bonds. The van der Waals surface area contributed by atoms with Crippen molar-refractivity contribution in [2.75, 3.05) is 29.5 Å². The van der Waals surface area contributed by atoms with Crippen LogP contribution in [0, 0.1) is 0 Å². The summed E-state index contributed by atoms with van der Waals surface area (Å²) in [5.41, 5.74) is 11.1. The standard InChI is InChI=1S/C12H17N3/c1-3-8(2)9-6-10(13)12-11(7-9)14-4-5-15-12/h6-7,14-15H,2-5,13H2,1H3. The van der Waals surface area contributed by atoms with Gasteiger partial charge in [0, 0.05) is 13.1 Å². The van der Waals surface area contributed by atoms with Crippen LogP contribution >= 0.6 is 0 Å². The van der Waals surface area contributed by atoms with Gasteiger partial charge >= 0.3 is 0 Å². The van der Waals surface area contributed by atoms with E-state index in [1.54, 1.807) is 0 Å². The van der Waals surface area contributed by atoms with Crippen LogP contribution in [0.1, 0.15) is 18.9 Å². The maximum Gasteiger partial charge on any atom is 0.0810 e. The van der Waals surface area contributed by atoms with Crippen molar-refractivity contribution in [1.82, 2.24) is 0 Å². The molecule has 3 heteroatoms. The van der Waals surface area contributed by atoms with E-state index in [-0.39, 0.29) is 0 Å². The molecule has 15 heavy (non-hydrogen) atoms. The minimum absolute atomic E-state index is 0.796. The van der Waals surface area contributed by atoms with E-state index in [2.05, 4.69) is 30.2 Å². The van der Waals surface area contributed by atoms with Gasteiger partial charge in [-0.25, -0.2) is 0 Å². The molecule has 0 aromatic heterocycles. The van der Waals surface area contributed by atoms with Gasteiger partial charge in [-0.05, 0) is 29.7 Å². The summed E-state index contributed by atoms with van der Waals surface area (Å²) in [6.45, 7) is 7.99. The molecule has 1 heterocycles. The van der Waals surface area contributed by atoms with Crippen LogP contribution in [0.2, 0.25) is 0 Å². The smallest absolute Gasteiger partial charge is 0.0810 e. The van der Waals surface area contributed by atoms with Crippen LogP contribution in [-0.2, 0) is 0 Å². The molecule has 0 saturated heterocycles. The normalized spacial score (nSPS) is 13.7. The Morgan fingerprint density at radius 1 is 1.40 bits per heavy atom. The molecule has 3 nitrogen and oxygen atoms in total. The molecule has 80 valence electrons. The molecular formula is C12H17N3. The van der Waals surface area contributed by atoms with E-state index in [1.807, 2.05) is 6.07 Å². The van der Waals surface area contributed by atoms with E-state index in [4.69, 9.17) is 5.73 Å². The summed E-state index contributed by atoms with van der Waals surface area (Å²) in [4.78, 5) is 0. The largest absolute Gasteiger partial charge is 0.397 e. The van der Waals surface area contributed by atoms with Crippen LogP contribution in [-0.4, -0.2) is 13.1 Å². The van der Waals surface area contributed by atoms with Crippen LogP contribution in [0.15, 0.2) is 18.7 Å². The van der Waals surface area contributed by atoms with E-state index in [0.717, 1.165) is 47.7 Å². The lowest BCUT2D eigenvalue weighted by molar-refractivity contribution is 1.05. The third-order valence-corrected chi connectivity index (χ3v) is 2.75. The van der Waals surface area contributed by atoms with Crippen molar-refractivity contribution in [2.45, 2.75) is 13.3 Å². The molecule has 0 spiro atoms. The lowest BCUT2D eigenvalue weighted by atomic mass is 10.0. The molecule has 2 rings (SSSR count). The van der Waals surface area contributed by atoms with Crippen molar-refractivity contribution in [3.63, 3.8) is 0 Å². The predicted octanol–water partition coefficient (Wildman–Crippen LogP) is 2.53. The van der Waals surface area contributed by atoms with Crippen LogP contribution in [0.25, 0.3) is 5.57 Å². The van der Waals surface area contributed by atoms with Gasteiger partial charge in [0.15, 0.2) is 0 Å². The summed E-state index contributed by atoms with van der Waals surface area (Å²) in [6, 6.07) is 4.11. The molecule has 0 aliphatic carbocycles. The Bertz CT molecular complexity index is 396. The first-order valence-electron chi connectivity index (χ1n) is 5.31. The van der Waals surface area contributed by atoms with Gasteiger partial charge in [-0.3, -0.25) is 0 Å². The van der Waals surface area contributed by atoms with Crippen molar-refractivity contribution >= 4 is 22.6 Å². The zero-order chi connectivity index (χ0) is 10.8. The van der Waals surface area contributed by atoms with Crippen LogP contribution in [0.4, 0.5) is 17.1 Å². The number of hydrogen-bond acceptors (Lipinski definition) is 3. The van der Waals surface area contributed by atoms with Crippen molar-refractivity contribution in [3.8, 4) is 0 Å². The Hall–Kier alpha value is -1.64. The second kappa shape index (κ2) is 3.85. The fraction of sp³-hybridized carbons (Fsp3) is 0.333. The highest BCUT2D eigenvalue weighted by atomic mass is 15.0. The molecule has 0 atom stereocenters. The van der Waals surface area contributed by atoms with Gasteiger partial charge in [0.25, 0.3) is 0 Å². The van der Waals surface area contributed by atoms with E-state index < -0.39 is 0 Å². The molecule has 0 fully saturated rings. The van der Waals surface area contributed by atoms with Crippen molar-refractivity contribution < 1.29 is 0 Å². The van der Waals surface area contributed by atoms with Crippen LogP contribution < -0.4 is 16.4 Å². The molecule has 0 radical (unpaired) electrons. The molecule has 1 aliphatic heterocycles. The number of fused-ring (bicyclic) bond motifs is 1. The molecule has 1 aromatic carbocycles. The Morgan fingerprint density at radius 2 is 2.13 bits per heavy atom. The number of nitrogen functional groups attached to an aromatic ring is 1. The molecule has 1 aromatic rings. The van der Waals surface area contributed by atoms with Crippen molar-refractivity contribution in [2.24, 2.45) is 0 Å². The average Bonchev–Trinajstić information content (AvgIpc) is 2.28. The van der Waals surface area contributed by atoms with E-state index in [9.17, 15) is 0 Å². The monoisotopic (exact) mass is 203 g/mol. The molecule has 0 saturated carbocycles. The molecule has 0 bridgehead atoms. The van der Waals surface area contributed by atoms with Gasteiger partial charge in [-0.1, -0.05) is 13.5 Å². The first-order chi connectivity index (χ1) is 7.22. The van der Waals surface area contributed by atoms with Crippen molar-refractivity contribution in [1.29, 1.82) is 0 Å².